The van der Waals surface area contributed by atoms with Crippen molar-refractivity contribution in [2.75, 3.05) is 6.54 Å². The van der Waals surface area contributed by atoms with Crippen molar-refractivity contribution >= 4 is 5.97 Å². The predicted molar refractivity (Wildman–Crippen MR) is 64.4 cm³/mol. The van der Waals surface area contributed by atoms with E-state index < -0.39 is 11.7 Å². The van der Waals surface area contributed by atoms with Crippen LogP contribution in [0.5, 0.6) is 0 Å². The number of halogens is 3. The Bertz CT molecular complexity index is 413. The van der Waals surface area contributed by atoms with E-state index in [9.17, 15) is 18.0 Å². The SMILES string of the molecule is CC(C)OC(=O)CNCc1ccc(C(F)(F)F)cc1. The van der Waals surface area contributed by atoms with Gasteiger partial charge >= 0.3 is 12.1 Å². The van der Waals surface area contributed by atoms with Gasteiger partial charge in [0.1, 0.15) is 0 Å². The van der Waals surface area contributed by atoms with Gasteiger partial charge in [-0.25, -0.2) is 0 Å². The minimum absolute atomic E-state index is 0.0270. The molecule has 19 heavy (non-hydrogen) atoms. The first-order valence-electron chi connectivity index (χ1n) is 5.85. The number of alkyl halides is 3. The Labute approximate surface area is 109 Å². The molecule has 1 N–H and O–H groups in total. The van der Waals surface area contributed by atoms with Gasteiger partial charge in [-0.05, 0) is 31.5 Å². The Morgan fingerprint density at radius 1 is 1.26 bits per heavy atom. The lowest BCUT2D eigenvalue weighted by molar-refractivity contribution is -0.146. The predicted octanol–water partition coefficient (Wildman–Crippen LogP) is 2.75. The zero-order valence-corrected chi connectivity index (χ0v) is 10.8. The van der Waals surface area contributed by atoms with Gasteiger partial charge in [-0.3, -0.25) is 4.79 Å². The molecule has 0 saturated heterocycles. The summed E-state index contributed by atoms with van der Waals surface area (Å²) in [7, 11) is 0. The van der Waals surface area contributed by atoms with E-state index in [0.717, 1.165) is 12.1 Å². The zero-order valence-electron chi connectivity index (χ0n) is 10.8. The van der Waals surface area contributed by atoms with Crippen LogP contribution in [0.3, 0.4) is 0 Å². The molecule has 106 valence electrons. The maximum Gasteiger partial charge on any atom is 0.416 e. The summed E-state index contributed by atoms with van der Waals surface area (Å²) in [4.78, 5) is 11.2. The number of nitrogens with one attached hydrogen (secondary N) is 1. The second-order valence-electron chi connectivity index (χ2n) is 4.34. The van der Waals surface area contributed by atoms with E-state index in [2.05, 4.69) is 5.32 Å². The summed E-state index contributed by atoms with van der Waals surface area (Å²) in [5, 5.41) is 2.81. The summed E-state index contributed by atoms with van der Waals surface area (Å²) in [6.45, 7) is 3.83. The molecule has 0 unspecified atom stereocenters. The number of carbonyl (C=O) groups excluding carboxylic acids is 1. The Hall–Kier alpha value is -1.56. The number of ether oxygens (including phenoxy) is 1. The maximum atomic E-state index is 12.3. The smallest absolute Gasteiger partial charge is 0.416 e. The normalized spacial score (nSPS) is 11.7. The van der Waals surface area contributed by atoms with Crippen molar-refractivity contribution in [3.8, 4) is 0 Å². The van der Waals surface area contributed by atoms with Gasteiger partial charge in [-0.15, -0.1) is 0 Å². The number of rotatable bonds is 5. The van der Waals surface area contributed by atoms with E-state index in [1.807, 2.05) is 0 Å². The molecular formula is C13H16F3NO2. The Morgan fingerprint density at radius 3 is 2.32 bits per heavy atom. The first-order valence-corrected chi connectivity index (χ1v) is 5.85. The molecular weight excluding hydrogens is 259 g/mol. The number of hydrogen-bond acceptors (Lipinski definition) is 3. The van der Waals surface area contributed by atoms with Crippen LogP contribution in [0.2, 0.25) is 0 Å². The topological polar surface area (TPSA) is 38.3 Å². The minimum Gasteiger partial charge on any atom is -0.462 e. The highest BCUT2D eigenvalue weighted by atomic mass is 19.4. The first-order chi connectivity index (χ1) is 8.79. The fraction of sp³-hybridized carbons (Fsp3) is 0.462. The third-order valence-corrected chi connectivity index (χ3v) is 2.25. The van der Waals surface area contributed by atoms with Crippen LogP contribution in [0.25, 0.3) is 0 Å². The van der Waals surface area contributed by atoms with Crippen molar-refractivity contribution in [2.45, 2.75) is 32.7 Å². The average molecular weight is 275 g/mol. The van der Waals surface area contributed by atoms with E-state index >= 15 is 0 Å². The van der Waals surface area contributed by atoms with Crippen LogP contribution >= 0.6 is 0 Å². The van der Waals surface area contributed by atoms with Gasteiger partial charge in [-0.2, -0.15) is 13.2 Å². The second-order valence-corrected chi connectivity index (χ2v) is 4.34. The van der Waals surface area contributed by atoms with Crippen LogP contribution < -0.4 is 5.32 Å². The van der Waals surface area contributed by atoms with Crippen LogP contribution in [0, 0.1) is 0 Å². The molecule has 0 spiro atoms. The van der Waals surface area contributed by atoms with Gasteiger partial charge in [0.15, 0.2) is 0 Å². The molecule has 0 atom stereocenters. The van der Waals surface area contributed by atoms with Crippen molar-refractivity contribution in [3.05, 3.63) is 35.4 Å². The summed E-state index contributed by atoms with van der Waals surface area (Å²) in [6, 6.07) is 4.79. The fourth-order valence-electron chi connectivity index (χ4n) is 1.43. The van der Waals surface area contributed by atoms with Gasteiger partial charge in [0.25, 0.3) is 0 Å². The van der Waals surface area contributed by atoms with Gasteiger partial charge in [0, 0.05) is 6.54 Å². The number of hydrogen-bond donors (Lipinski definition) is 1. The summed E-state index contributed by atoms with van der Waals surface area (Å²) in [5.41, 5.74) is -0.0131. The van der Waals surface area contributed by atoms with E-state index in [1.165, 1.54) is 12.1 Å². The molecule has 0 aliphatic heterocycles. The summed E-state index contributed by atoms with van der Waals surface area (Å²) >= 11 is 0. The standard InChI is InChI=1S/C13H16F3NO2/c1-9(2)19-12(18)8-17-7-10-3-5-11(6-4-10)13(14,15)16/h3-6,9,17H,7-8H2,1-2H3. The largest absolute Gasteiger partial charge is 0.462 e. The van der Waals surface area contributed by atoms with Gasteiger partial charge in [0.2, 0.25) is 0 Å². The lowest BCUT2D eigenvalue weighted by Gasteiger charge is -2.10. The molecule has 1 aromatic rings. The number of esters is 1. The molecule has 0 aliphatic rings. The second kappa shape index (κ2) is 6.56. The van der Waals surface area contributed by atoms with Gasteiger partial charge < -0.3 is 10.1 Å². The monoisotopic (exact) mass is 275 g/mol. The van der Waals surface area contributed by atoms with Crippen LogP contribution in [-0.2, 0) is 22.3 Å². The summed E-state index contributed by atoms with van der Waals surface area (Å²) in [6.07, 6.45) is -4.51. The Balaban J connectivity index is 2.40. The highest BCUT2D eigenvalue weighted by molar-refractivity contribution is 5.71. The van der Waals surface area contributed by atoms with Crippen molar-refractivity contribution in [3.63, 3.8) is 0 Å². The molecule has 0 bridgehead atoms. The van der Waals surface area contributed by atoms with Crippen LogP contribution in [0.4, 0.5) is 13.2 Å². The van der Waals surface area contributed by atoms with E-state index in [4.69, 9.17) is 4.74 Å². The van der Waals surface area contributed by atoms with Crippen LogP contribution in [-0.4, -0.2) is 18.6 Å². The third kappa shape index (κ3) is 5.74. The molecule has 1 rings (SSSR count). The molecule has 0 saturated carbocycles. The van der Waals surface area contributed by atoms with Crippen molar-refractivity contribution in [2.24, 2.45) is 0 Å². The fourth-order valence-corrected chi connectivity index (χ4v) is 1.43. The molecule has 6 heteroatoms. The van der Waals surface area contributed by atoms with Gasteiger partial charge in [-0.1, -0.05) is 12.1 Å². The Morgan fingerprint density at radius 2 is 1.84 bits per heavy atom. The molecule has 3 nitrogen and oxygen atoms in total. The van der Waals surface area contributed by atoms with Gasteiger partial charge in [0.05, 0.1) is 18.2 Å². The zero-order chi connectivity index (χ0) is 14.5. The quantitative estimate of drug-likeness (QED) is 0.840. The van der Waals surface area contributed by atoms with Crippen molar-refractivity contribution in [1.82, 2.24) is 5.32 Å². The maximum absolute atomic E-state index is 12.3. The summed E-state index contributed by atoms with van der Waals surface area (Å²) in [5.74, 6) is -0.387. The van der Waals surface area contributed by atoms with E-state index in [0.29, 0.717) is 12.1 Å². The number of carbonyl (C=O) groups is 1. The summed E-state index contributed by atoms with van der Waals surface area (Å²) < 4.78 is 41.9. The molecule has 0 fully saturated rings. The highest BCUT2D eigenvalue weighted by Crippen LogP contribution is 2.28. The lowest BCUT2D eigenvalue weighted by Crippen LogP contribution is -2.26. The molecule has 1 aromatic carbocycles. The third-order valence-electron chi connectivity index (χ3n) is 2.25. The lowest BCUT2D eigenvalue weighted by atomic mass is 10.1. The Kier molecular flexibility index (Phi) is 5.35. The average Bonchev–Trinajstić information content (AvgIpc) is 2.27. The minimum atomic E-state index is -4.33. The van der Waals surface area contributed by atoms with Crippen LogP contribution in [0.15, 0.2) is 24.3 Å². The first kappa shape index (κ1) is 15.5. The van der Waals surface area contributed by atoms with Crippen molar-refractivity contribution in [1.29, 1.82) is 0 Å². The molecule has 0 heterocycles. The molecule has 0 radical (unpaired) electrons. The molecule has 0 aromatic heterocycles. The van der Waals surface area contributed by atoms with E-state index in [1.54, 1.807) is 13.8 Å². The van der Waals surface area contributed by atoms with E-state index in [-0.39, 0.29) is 18.6 Å². The highest BCUT2D eigenvalue weighted by Gasteiger charge is 2.29. The van der Waals surface area contributed by atoms with Crippen molar-refractivity contribution < 1.29 is 22.7 Å². The van der Waals surface area contributed by atoms with Crippen LogP contribution in [0.1, 0.15) is 25.0 Å². The molecule has 0 aliphatic carbocycles. The number of benzene rings is 1. The molecule has 0 amide bonds.